The fourth-order valence-electron chi connectivity index (χ4n) is 2.74. The first-order chi connectivity index (χ1) is 12.5. The van der Waals surface area contributed by atoms with Gasteiger partial charge in [-0.25, -0.2) is 13.1 Å². The van der Waals surface area contributed by atoms with Gasteiger partial charge >= 0.3 is 0 Å². The van der Waals surface area contributed by atoms with Crippen molar-refractivity contribution in [3.63, 3.8) is 0 Å². The summed E-state index contributed by atoms with van der Waals surface area (Å²) in [6, 6.07) is 17.9. The van der Waals surface area contributed by atoms with Gasteiger partial charge in [-0.15, -0.1) is 0 Å². The summed E-state index contributed by atoms with van der Waals surface area (Å²) in [6.07, 6.45) is 0.878. The lowest BCUT2D eigenvalue weighted by Crippen LogP contribution is -2.23. The summed E-state index contributed by atoms with van der Waals surface area (Å²) in [5.74, 6) is 0.700. The van der Waals surface area contributed by atoms with Crippen LogP contribution in [0.1, 0.15) is 18.9 Å². The highest BCUT2D eigenvalue weighted by Crippen LogP contribution is 2.28. The highest BCUT2D eigenvalue weighted by molar-refractivity contribution is 7.89. The predicted octanol–water partition coefficient (Wildman–Crippen LogP) is 3.69. The number of hydrogen-bond acceptors (Lipinski definition) is 4. The van der Waals surface area contributed by atoms with Gasteiger partial charge in [0.1, 0.15) is 5.75 Å². The normalized spacial score (nSPS) is 11.6. The predicted molar refractivity (Wildman–Crippen MR) is 105 cm³/mol. The quantitative estimate of drug-likeness (QED) is 0.622. The van der Waals surface area contributed by atoms with Gasteiger partial charge in [0.05, 0.1) is 11.5 Å². The van der Waals surface area contributed by atoms with Gasteiger partial charge in [-0.1, -0.05) is 37.3 Å². The van der Waals surface area contributed by atoms with Crippen molar-refractivity contribution in [2.24, 2.45) is 0 Å². The maximum absolute atomic E-state index is 12.6. The third-order valence-corrected chi connectivity index (χ3v) is 5.51. The number of nitrogen functional groups attached to an aromatic ring is 1. The molecule has 0 saturated carbocycles. The number of anilines is 1. The number of benzene rings is 3. The number of nitrogens with one attached hydrogen (secondary N) is 1. The average molecular weight is 370 g/mol. The topological polar surface area (TPSA) is 81.4 Å². The summed E-state index contributed by atoms with van der Waals surface area (Å²) in [7, 11) is -3.64. The molecule has 0 unspecified atom stereocenters. The molecule has 0 saturated heterocycles. The van der Waals surface area contributed by atoms with Crippen molar-refractivity contribution in [3.05, 3.63) is 66.2 Å². The van der Waals surface area contributed by atoms with E-state index in [1.54, 1.807) is 12.1 Å². The largest absolute Gasteiger partial charge is 0.493 e. The summed E-state index contributed by atoms with van der Waals surface area (Å²) in [4.78, 5) is 0.183. The van der Waals surface area contributed by atoms with Gasteiger partial charge in [0, 0.05) is 17.8 Å². The van der Waals surface area contributed by atoms with E-state index in [4.69, 9.17) is 10.5 Å². The van der Waals surface area contributed by atoms with Crippen LogP contribution in [0.15, 0.2) is 65.6 Å². The fraction of sp³-hybridized carbons (Fsp3) is 0.200. The Bertz CT molecular complexity index is 999. The second-order valence-corrected chi connectivity index (χ2v) is 7.77. The molecule has 0 aliphatic heterocycles. The van der Waals surface area contributed by atoms with Crippen LogP contribution in [0.2, 0.25) is 0 Å². The monoisotopic (exact) mass is 370 g/mol. The summed E-state index contributed by atoms with van der Waals surface area (Å²) in [6.45, 7) is 2.76. The lowest BCUT2D eigenvalue weighted by molar-refractivity contribution is 0.314. The molecule has 26 heavy (non-hydrogen) atoms. The van der Waals surface area contributed by atoms with Crippen molar-refractivity contribution in [1.29, 1.82) is 0 Å². The smallest absolute Gasteiger partial charge is 0.240 e. The van der Waals surface area contributed by atoms with E-state index in [9.17, 15) is 8.42 Å². The zero-order chi connectivity index (χ0) is 18.6. The van der Waals surface area contributed by atoms with Gasteiger partial charge in [0.25, 0.3) is 0 Å². The summed E-state index contributed by atoms with van der Waals surface area (Å²) < 4.78 is 33.7. The molecule has 3 aromatic carbocycles. The van der Waals surface area contributed by atoms with E-state index in [1.807, 2.05) is 43.3 Å². The average Bonchev–Trinajstić information content (AvgIpc) is 2.65. The summed E-state index contributed by atoms with van der Waals surface area (Å²) >= 11 is 0. The zero-order valence-electron chi connectivity index (χ0n) is 14.6. The Labute approximate surface area is 153 Å². The molecule has 5 nitrogen and oxygen atoms in total. The Hall–Kier alpha value is -2.57. The second-order valence-electron chi connectivity index (χ2n) is 6.01. The molecular weight excluding hydrogens is 348 g/mol. The van der Waals surface area contributed by atoms with Gasteiger partial charge in [-0.3, -0.25) is 0 Å². The van der Waals surface area contributed by atoms with Gasteiger partial charge < -0.3 is 10.5 Å². The Kier molecular flexibility index (Phi) is 5.44. The minimum absolute atomic E-state index is 0.146. The molecule has 0 spiro atoms. The van der Waals surface area contributed by atoms with Crippen LogP contribution in [0.3, 0.4) is 0 Å². The van der Waals surface area contributed by atoms with Crippen LogP contribution in [0.4, 0.5) is 5.69 Å². The first-order valence-corrected chi connectivity index (χ1v) is 9.98. The number of sulfonamides is 1. The maximum atomic E-state index is 12.6. The van der Waals surface area contributed by atoms with E-state index in [-0.39, 0.29) is 11.4 Å². The van der Waals surface area contributed by atoms with Crippen LogP contribution in [-0.2, 0) is 16.6 Å². The number of hydrogen-bond donors (Lipinski definition) is 2. The van der Waals surface area contributed by atoms with E-state index in [2.05, 4.69) is 4.72 Å². The second kappa shape index (κ2) is 7.76. The molecule has 0 heterocycles. The van der Waals surface area contributed by atoms with Gasteiger partial charge in [0.15, 0.2) is 0 Å². The highest BCUT2D eigenvalue weighted by Gasteiger charge is 2.16. The Balaban J connectivity index is 1.92. The van der Waals surface area contributed by atoms with E-state index < -0.39 is 10.0 Å². The Morgan fingerprint density at radius 3 is 2.46 bits per heavy atom. The number of fused-ring (bicyclic) bond motifs is 1. The molecule has 0 fully saturated rings. The molecule has 3 N–H and O–H groups in total. The van der Waals surface area contributed by atoms with Crippen LogP contribution >= 0.6 is 0 Å². The summed E-state index contributed by atoms with van der Waals surface area (Å²) in [5, 5.41) is 2.01. The number of ether oxygens (including phenoxy) is 1. The molecule has 6 heteroatoms. The molecular formula is C20H22N2O3S. The van der Waals surface area contributed by atoms with E-state index in [0.29, 0.717) is 18.0 Å². The molecule has 0 radical (unpaired) electrons. The molecule has 0 bridgehead atoms. The van der Waals surface area contributed by atoms with Crippen molar-refractivity contribution in [1.82, 2.24) is 4.72 Å². The standard InChI is InChI=1S/C20H22N2O3S/c1-2-13-25-20-12-7-15-5-3-4-6-18(15)19(20)14-22-26(23,24)17-10-8-16(21)9-11-17/h3-12,22H,2,13-14,21H2,1H3. The molecule has 0 aliphatic carbocycles. The van der Waals surface area contributed by atoms with Gasteiger partial charge in [-0.2, -0.15) is 0 Å². The Morgan fingerprint density at radius 2 is 1.73 bits per heavy atom. The molecule has 136 valence electrons. The minimum atomic E-state index is -3.64. The molecule has 3 aromatic rings. The molecule has 0 amide bonds. The lowest BCUT2D eigenvalue weighted by atomic mass is 10.0. The van der Waals surface area contributed by atoms with Crippen molar-refractivity contribution >= 4 is 26.5 Å². The first-order valence-electron chi connectivity index (χ1n) is 8.50. The van der Waals surface area contributed by atoms with Gasteiger partial charge in [-0.05, 0) is 47.5 Å². The first kappa shape index (κ1) is 18.2. The summed E-state index contributed by atoms with van der Waals surface area (Å²) in [5.41, 5.74) is 6.98. The van der Waals surface area contributed by atoms with Crippen LogP contribution in [0, 0.1) is 0 Å². The zero-order valence-corrected chi connectivity index (χ0v) is 15.4. The van der Waals surface area contributed by atoms with Crippen molar-refractivity contribution in [2.75, 3.05) is 12.3 Å². The van der Waals surface area contributed by atoms with Crippen molar-refractivity contribution in [2.45, 2.75) is 24.8 Å². The molecule has 0 atom stereocenters. The van der Waals surface area contributed by atoms with E-state index >= 15 is 0 Å². The third-order valence-electron chi connectivity index (χ3n) is 4.09. The van der Waals surface area contributed by atoms with Crippen molar-refractivity contribution in [3.8, 4) is 5.75 Å². The highest BCUT2D eigenvalue weighted by atomic mass is 32.2. The van der Waals surface area contributed by atoms with Crippen molar-refractivity contribution < 1.29 is 13.2 Å². The molecule has 3 rings (SSSR count). The number of nitrogens with two attached hydrogens (primary N) is 1. The lowest BCUT2D eigenvalue weighted by Gasteiger charge is -2.15. The number of rotatable bonds is 7. The maximum Gasteiger partial charge on any atom is 0.240 e. The SMILES string of the molecule is CCCOc1ccc2ccccc2c1CNS(=O)(=O)c1ccc(N)cc1. The van der Waals surface area contributed by atoms with E-state index in [0.717, 1.165) is 22.8 Å². The molecule has 0 aromatic heterocycles. The minimum Gasteiger partial charge on any atom is -0.493 e. The van der Waals surface area contributed by atoms with Crippen LogP contribution in [0.5, 0.6) is 5.75 Å². The van der Waals surface area contributed by atoms with Gasteiger partial charge in [0.2, 0.25) is 10.0 Å². The molecule has 0 aliphatic rings. The third kappa shape index (κ3) is 3.98. The van der Waals surface area contributed by atoms with Crippen LogP contribution in [0.25, 0.3) is 10.8 Å². The Morgan fingerprint density at radius 1 is 1.00 bits per heavy atom. The van der Waals surface area contributed by atoms with Crippen LogP contribution in [-0.4, -0.2) is 15.0 Å². The fourth-order valence-corrected chi connectivity index (χ4v) is 3.74. The van der Waals surface area contributed by atoms with Crippen LogP contribution < -0.4 is 15.2 Å². The van der Waals surface area contributed by atoms with E-state index in [1.165, 1.54) is 12.1 Å².